The van der Waals surface area contributed by atoms with Crippen molar-refractivity contribution in [3.8, 4) is 44.8 Å². The molecular formula is C55H34N2O2S. The predicted octanol–water partition coefficient (Wildman–Crippen LogP) is 16.2. The molecule has 9 aromatic carbocycles. The van der Waals surface area contributed by atoms with Crippen molar-refractivity contribution in [2.24, 2.45) is 0 Å². The summed E-state index contributed by atoms with van der Waals surface area (Å²) in [7, 11) is 0. The van der Waals surface area contributed by atoms with Crippen LogP contribution in [0.15, 0.2) is 215 Å². The third kappa shape index (κ3) is 5.78. The van der Waals surface area contributed by atoms with Crippen molar-refractivity contribution in [2.45, 2.75) is 0 Å². The Morgan fingerprint density at radius 1 is 0.367 bits per heavy atom. The highest BCUT2D eigenvalue weighted by molar-refractivity contribution is 7.25. The maximum Gasteiger partial charge on any atom is 0.227 e. The van der Waals surface area contributed by atoms with Crippen LogP contribution in [0.5, 0.6) is 0 Å². The molecule has 0 aliphatic carbocycles. The summed E-state index contributed by atoms with van der Waals surface area (Å²) in [5.74, 6) is 0.598. The van der Waals surface area contributed by atoms with Crippen LogP contribution in [0.4, 0.5) is 17.1 Å². The lowest BCUT2D eigenvalue weighted by Gasteiger charge is -2.26. The molecule has 0 spiro atoms. The minimum atomic E-state index is 0.598. The first-order valence-electron chi connectivity index (χ1n) is 20.1. The van der Waals surface area contributed by atoms with Gasteiger partial charge in [0, 0.05) is 48.2 Å². The second-order valence-corrected chi connectivity index (χ2v) is 16.2. The Labute approximate surface area is 349 Å². The van der Waals surface area contributed by atoms with Crippen molar-refractivity contribution in [3.63, 3.8) is 0 Å². The standard InChI is InChI=1S/C55H34N2O2S/c1-3-11-35(12-4-1)36-21-26-41(27-22-36)57(43-16-9-15-40(33-43)44-18-10-20-51-52(44)45-17-7-8-19-50(45)60-51)42-28-23-37(24-29-42)39-25-30-47-46(34-39)53-48(58-47)31-32-49-54(53)56-55(59-49)38-13-5-2-6-14-38/h1-34H. The van der Waals surface area contributed by atoms with Crippen molar-refractivity contribution < 1.29 is 8.83 Å². The number of oxazole rings is 1. The Hall–Kier alpha value is -7.73. The lowest BCUT2D eigenvalue weighted by molar-refractivity contribution is 0.619. The molecule has 0 aliphatic heterocycles. The maximum atomic E-state index is 6.35. The third-order valence-electron chi connectivity index (χ3n) is 11.5. The van der Waals surface area contributed by atoms with Gasteiger partial charge in [0.05, 0.1) is 5.39 Å². The Morgan fingerprint density at radius 3 is 1.75 bits per heavy atom. The van der Waals surface area contributed by atoms with Crippen molar-refractivity contribution in [3.05, 3.63) is 206 Å². The molecule has 0 N–H and O–H groups in total. The molecule has 4 nitrogen and oxygen atoms in total. The van der Waals surface area contributed by atoms with Crippen LogP contribution in [-0.4, -0.2) is 4.98 Å². The smallest absolute Gasteiger partial charge is 0.227 e. The van der Waals surface area contributed by atoms with Gasteiger partial charge in [0.1, 0.15) is 16.7 Å². The first-order valence-corrected chi connectivity index (χ1v) is 20.9. The average Bonchev–Trinajstić information content (AvgIpc) is 4.04. The van der Waals surface area contributed by atoms with Crippen molar-refractivity contribution in [2.75, 3.05) is 4.90 Å². The summed E-state index contributed by atoms with van der Waals surface area (Å²) in [5, 5.41) is 4.58. The highest BCUT2D eigenvalue weighted by atomic mass is 32.1. The van der Waals surface area contributed by atoms with Gasteiger partial charge < -0.3 is 13.7 Å². The molecule has 0 radical (unpaired) electrons. The quantitative estimate of drug-likeness (QED) is 0.161. The number of benzene rings is 9. The van der Waals surface area contributed by atoms with Gasteiger partial charge in [0.25, 0.3) is 0 Å². The van der Waals surface area contributed by atoms with Crippen LogP contribution in [0.3, 0.4) is 0 Å². The fourth-order valence-electron chi connectivity index (χ4n) is 8.65. The normalized spacial score (nSPS) is 11.7. The number of hydrogen-bond donors (Lipinski definition) is 0. The van der Waals surface area contributed by atoms with Gasteiger partial charge in [-0.15, -0.1) is 11.3 Å². The summed E-state index contributed by atoms with van der Waals surface area (Å²) in [6.07, 6.45) is 0. The van der Waals surface area contributed by atoms with Crippen molar-refractivity contribution in [1.82, 2.24) is 4.98 Å². The summed E-state index contributed by atoms with van der Waals surface area (Å²) in [4.78, 5) is 7.32. The van der Waals surface area contributed by atoms with E-state index in [1.54, 1.807) is 0 Å². The largest absolute Gasteiger partial charge is 0.456 e. The van der Waals surface area contributed by atoms with Crippen LogP contribution in [0.2, 0.25) is 0 Å². The van der Waals surface area contributed by atoms with E-state index in [9.17, 15) is 0 Å². The van der Waals surface area contributed by atoms with Crippen LogP contribution in [0.25, 0.3) is 98.0 Å². The molecule has 0 unspecified atom stereocenters. The number of fused-ring (bicyclic) bond motifs is 8. The van der Waals surface area contributed by atoms with Crippen LogP contribution < -0.4 is 4.90 Å². The Morgan fingerprint density at radius 2 is 0.967 bits per heavy atom. The summed E-state index contributed by atoms with van der Waals surface area (Å²) in [6, 6.07) is 73.0. The van der Waals surface area contributed by atoms with Gasteiger partial charge in [-0.2, -0.15) is 0 Å². The highest BCUT2D eigenvalue weighted by Crippen LogP contribution is 2.44. The van der Waals surface area contributed by atoms with Crippen molar-refractivity contribution >= 4 is 81.6 Å². The first-order chi connectivity index (χ1) is 29.7. The molecule has 0 fully saturated rings. The fourth-order valence-corrected chi connectivity index (χ4v) is 9.78. The first kappa shape index (κ1) is 34.3. The Kier molecular flexibility index (Phi) is 8.00. The molecule has 5 heteroatoms. The zero-order chi connectivity index (χ0) is 39.6. The summed E-state index contributed by atoms with van der Waals surface area (Å²) in [6.45, 7) is 0. The molecule has 12 aromatic rings. The van der Waals surface area contributed by atoms with Crippen LogP contribution in [0.1, 0.15) is 0 Å². The van der Waals surface area contributed by atoms with Gasteiger partial charge in [0.2, 0.25) is 5.89 Å². The zero-order valence-corrected chi connectivity index (χ0v) is 33.1. The SMILES string of the molecule is c1ccc(-c2ccc(N(c3ccc(-c4ccc5oc6ccc7oc(-c8ccccc8)nc7c6c5c4)cc3)c3cccc(-c4cccc5sc6ccccc6c45)c3)cc2)cc1. The number of hydrogen-bond acceptors (Lipinski definition) is 5. The number of thiophene rings is 1. The topological polar surface area (TPSA) is 42.4 Å². The van der Waals surface area contributed by atoms with E-state index in [2.05, 4.69) is 169 Å². The molecule has 0 bridgehead atoms. The van der Waals surface area contributed by atoms with Crippen molar-refractivity contribution in [1.29, 1.82) is 0 Å². The van der Waals surface area contributed by atoms with Gasteiger partial charge in [-0.25, -0.2) is 4.98 Å². The van der Waals surface area contributed by atoms with E-state index in [4.69, 9.17) is 13.8 Å². The van der Waals surface area contributed by atoms with E-state index < -0.39 is 0 Å². The van der Waals surface area contributed by atoms with Gasteiger partial charge in [-0.05, 0) is 118 Å². The molecule has 0 saturated carbocycles. The number of anilines is 3. The molecule has 60 heavy (non-hydrogen) atoms. The third-order valence-corrected chi connectivity index (χ3v) is 12.7. The van der Waals surface area contributed by atoms with Gasteiger partial charge in [0.15, 0.2) is 5.58 Å². The second kappa shape index (κ2) is 14.0. The molecule has 12 rings (SSSR count). The lowest BCUT2D eigenvalue weighted by Crippen LogP contribution is -2.10. The zero-order valence-electron chi connectivity index (χ0n) is 32.2. The molecular weight excluding hydrogens is 753 g/mol. The Bertz CT molecular complexity index is 3530. The summed E-state index contributed by atoms with van der Waals surface area (Å²) >= 11 is 1.85. The molecule has 282 valence electrons. The minimum absolute atomic E-state index is 0.598. The molecule has 3 heterocycles. The molecule has 0 aliphatic rings. The van der Waals surface area contributed by atoms with Gasteiger partial charge in [-0.3, -0.25) is 0 Å². The number of rotatable bonds is 7. The number of nitrogens with zero attached hydrogens (tertiary/aromatic N) is 2. The number of furan rings is 1. The number of aromatic nitrogens is 1. The second-order valence-electron chi connectivity index (χ2n) is 15.1. The van der Waals surface area contributed by atoms with Crippen LogP contribution in [-0.2, 0) is 0 Å². The van der Waals surface area contributed by atoms with Crippen LogP contribution >= 0.6 is 11.3 Å². The van der Waals surface area contributed by atoms with E-state index in [1.165, 1.54) is 42.4 Å². The summed E-state index contributed by atoms with van der Waals surface area (Å²) in [5.41, 5.74) is 14.3. The molecule has 0 amide bonds. The fraction of sp³-hybridized carbons (Fsp3) is 0. The van der Waals surface area contributed by atoms with E-state index in [0.717, 1.165) is 66.8 Å². The highest BCUT2D eigenvalue weighted by Gasteiger charge is 2.19. The lowest BCUT2D eigenvalue weighted by atomic mass is 9.98. The van der Waals surface area contributed by atoms with Gasteiger partial charge in [-0.1, -0.05) is 121 Å². The minimum Gasteiger partial charge on any atom is -0.456 e. The Balaban J connectivity index is 0.956. The average molecular weight is 787 g/mol. The molecule has 0 saturated heterocycles. The maximum absolute atomic E-state index is 6.35. The van der Waals surface area contributed by atoms with E-state index in [0.29, 0.717) is 5.89 Å². The molecule has 0 atom stereocenters. The summed E-state index contributed by atoms with van der Waals surface area (Å²) < 4.78 is 15.2. The van der Waals surface area contributed by atoms with E-state index >= 15 is 0 Å². The van der Waals surface area contributed by atoms with Gasteiger partial charge >= 0.3 is 0 Å². The van der Waals surface area contributed by atoms with E-state index in [1.807, 2.05) is 53.8 Å². The predicted molar refractivity (Wildman–Crippen MR) is 251 cm³/mol. The van der Waals surface area contributed by atoms with Crippen LogP contribution in [0, 0.1) is 0 Å². The van der Waals surface area contributed by atoms with E-state index in [-0.39, 0.29) is 0 Å². The monoisotopic (exact) mass is 786 g/mol. The molecule has 3 aromatic heterocycles.